The van der Waals surface area contributed by atoms with Gasteiger partial charge in [-0.25, -0.2) is 4.39 Å². The molecule has 0 fully saturated rings. The van der Waals surface area contributed by atoms with E-state index in [1.807, 2.05) is 30.3 Å². The molecule has 2 aromatic rings. The summed E-state index contributed by atoms with van der Waals surface area (Å²) < 4.78 is 12.8. The van der Waals surface area contributed by atoms with Gasteiger partial charge in [0.05, 0.1) is 5.02 Å². The quantitative estimate of drug-likeness (QED) is 0.735. The molecule has 0 aliphatic carbocycles. The second-order valence-electron chi connectivity index (χ2n) is 2.99. The Morgan fingerprint density at radius 1 is 1.00 bits per heavy atom. The van der Waals surface area contributed by atoms with E-state index in [0.717, 1.165) is 9.79 Å². The standard InChI is InChI=1S/C12H8ClFS/c13-11-8-9(14)6-7-12(11)15-10-4-2-1-3-5-10/h1-8H. The second kappa shape index (κ2) is 4.69. The lowest BCUT2D eigenvalue weighted by Gasteiger charge is -2.03. The maximum absolute atomic E-state index is 12.8. The van der Waals surface area contributed by atoms with E-state index in [1.54, 1.807) is 6.07 Å². The van der Waals surface area contributed by atoms with Crippen LogP contribution in [0.2, 0.25) is 5.02 Å². The summed E-state index contributed by atoms with van der Waals surface area (Å²) in [6.45, 7) is 0. The van der Waals surface area contributed by atoms with Crippen LogP contribution in [0, 0.1) is 5.82 Å². The summed E-state index contributed by atoms with van der Waals surface area (Å²) in [5.41, 5.74) is 0. The van der Waals surface area contributed by atoms with Crippen LogP contribution < -0.4 is 0 Å². The summed E-state index contributed by atoms with van der Waals surface area (Å²) in [4.78, 5) is 1.95. The zero-order chi connectivity index (χ0) is 10.7. The summed E-state index contributed by atoms with van der Waals surface area (Å²) >= 11 is 7.44. The Morgan fingerprint density at radius 2 is 1.73 bits per heavy atom. The molecule has 76 valence electrons. The third kappa shape index (κ3) is 2.74. The third-order valence-electron chi connectivity index (χ3n) is 1.86. The molecule has 0 N–H and O–H groups in total. The highest BCUT2D eigenvalue weighted by atomic mass is 35.5. The van der Waals surface area contributed by atoms with E-state index in [0.29, 0.717) is 5.02 Å². The zero-order valence-electron chi connectivity index (χ0n) is 7.78. The molecule has 0 bridgehead atoms. The van der Waals surface area contributed by atoms with Crippen LogP contribution in [0.15, 0.2) is 58.3 Å². The number of halogens is 2. The molecule has 2 aromatic carbocycles. The topological polar surface area (TPSA) is 0 Å². The number of hydrogen-bond donors (Lipinski definition) is 0. The highest BCUT2D eigenvalue weighted by Crippen LogP contribution is 2.33. The van der Waals surface area contributed by atoms with Gasteiger partial charge in [0, 0.05) is 9.79 Å². The molecule has 0 aromatic heterocycles. The van der Waals surface area contributed by atoms with Crippen LogP contribution in [0.4, 0.5) is 4.39 Å². The van der Waals surface area contributed by atoms with Crippen molar-refractivity contribution < 1.29 is 4.39 Å². The molecule has 0 atom stereocenters. The van der Waals surface area contributed by atoms with Crippen molar-refractivity contribution in [2.75, 3.05) is 0 Å². The van der Waals surface area contributed by atoms with Crippen molar-refractivity contribution in [1.29, 1.82) is 0 Å². The smallest absolute Gasteiger partial charge is 0.124 e. The maximum Gasteiger partial charge on any atom is 0.124 e. The summed E-state index contributed by atoms with van der Waals surface area (Å²) in [7, 11) is 0. The fourth-order valence-corrected chi connectivity index (χ4v) is 2.30. The molecule has 3 heteroatoms. The Labute approximate surface area is 97.1 Å². The van der Waals surface area contributed by atoms with Crippen LogP contribution in [0.5, 0.6) is 0 Å². The lowest BCUT2D eigenvalue weighted by atomic mass is 10.3. The predicted molar refractivity (Wildman–Crippen MR) is 62.0 cm³/mol. The van der Waals surface area contributed by atoms with E-state index in [9.17, 15) is 4.39 Å². The van der Waals surface area contributed by atoms with E-state index in [-0.39, 0.29) is 5.82 Å². The van der Waals surface area contributed by atoms with E-state index in [4.69, 9.17) is 11.6 Å². The average molecular weight is 239 g/mol. The Balaban J connectivity index is 2.25. The SMILES string of the molecule is Fc1ccc(Sc2ccccc2)c(Cl)c1. The largest absolute Gasteiger partial charge is 0.207 e. The summed E-state index contributed by atoms with van der Waals surface area (Å²) in [6, 6.07) is 14.3. The van der Waals surface area contributed by atoms with Crippen molar-refractivity contribution in [3.8, 4) is 0 Å². The first kappa shape index (κ1) is 10.5. The van der Waals surface area contributed by atoms with Crippen LogP contribution in [-0.4, -0.2) is 0 Å². The molecule has 15 heavy (non-hydrogen) atoms. The highest BCUT2D eigenvalue weighted by molar-refractivity contribution is 7.99. The van der Waals surface area contributed by atoms with Crippen LogP contribution in [0.3, 0.4) is 0 Å². The Kier molecular flexibility index (Phi) is 3.29. The maximum atomic E-state index is 12.8. The minimum atomic E-state index is -0.308. The van der Waals surface area contributed by atoms with Crippen LogP contribution in [0.25, 0.3) is 0 Å². The molecule has 0 unspecified atom stereocenters. The van der Waals surface area contributed by atoms with Gasteiger partial charge in [0.1, 0.15) is 5.82 Å². The Hall–Kier alpha value is -0.990. The molecule has 0 aliphatic rings. The molecular formula is C12H8ClFS. The number of rotatable bonds is 2. The number of hydrogen-bond acceptors (Lipinski definition) is 1. The third-order valence-corrected chi connectivity index (χ3v) is 3.37. The van der Waals surface area contributed by atoms with Crippen molar-refractivity contribution in [2.45, 2.75) is 9.79 Å². The monoisotopic (exact) mass is 238 g/mol. The molecule has 0 heterocycles. The second-order valence-corrected chi connectivity index (χ2v) is 4.51. The first-order chi connectivity index (χ1) is 7.25. The Morgan fingerprint density at radius 3 is 2.40 bits per heavy atom. The predicted octanol–water partition coefficient (Wildman–Crippen LogP) is 4.63. The van der Waals surface area contributed by atoms with Gasteiger partial charge in [-0.1, -0.05) is 41.6 Å². The van der Waals surface area contributed by atoms with Gasteiger partial charge in [-0.05, 0) is 30.3 Å². The molecule has 0 amide bonds. The lowest BCUT2D eigenvalue weighted by Crippen LogP contribution is -1.78. The lowest BCUT2D eigenvalue weighted by molar-refractivity contribution is 0.626. The van der Waals surface area contributed by atoms with Crippen molar-refractivity contribution in [2.24, 2.45) is 0 Å². The minimum absolute atomic E-state index is 0.308. The first-order valence-electron chi connectivity index (χ1n) is 4.43. The van der Waals surface area contributed by atoms with Gasteiger partial charge in [0.2, 0.25) is 0 Å². The zero-order valence-corrected chi connectivity index (χ0v) is 9.36. The molecule has 0 saturated carbocycles. The molecule has 0 saturated heterocycles. The molecule has 0 radical (unpaired) electrons. The molecule has 0 nitrogen and oxygen atoms in total. The average Bonchev–Trinajstić information content (AvgIpc) is 2.24. The fraction of sp³-hybridized carbons (Fsp3) is 0. The van der Waals surface area contributed by atoms with Crippen molar-refractivity contribution in [3.05, 3.63) is 59.4 Å². The Bertz CT molecular complexity index is 456. The van der Waals surface area contributed by atoms with Crippen LogP contribution >= 0.6 is 23.4 Å². The summed E-state index contributed by atoms with van der Waals surface area (Å²) in [5, 5.41) is 0.448. The van der Waals surface area contributed by atoms with E-state index < -0.39 is 0 Å². The summed E-state index contributed by atoms with van der Waals surface area (Å²) in [5.74, 6) is -0.308. The number of benzene rings is 2. The molecule has 0 aliphatic heterocycles. The van der Waals surface area contributed by atoms with E-state index in [1.165, 1.54) is 23.9 Å². The van der Waals surface area contributed by atoms with Gasteiger partial charge in [-0.15, -0.1) is 0 Å². The van der Waals surface area contributed by atoms with Gasteiger partial charge in [-0.2, -0.15) is 0 Å². The van der Waals surface area contributed by atoms with Crippen LogP contribution in [0.1, 0.15) is 0 Å². The van der Waals surface area contributed by atoms with Gasteiger partial charge >= 0.3 is 0 Å². The molecule has 2 rings (SSSR count). The van der Waals surface area contributed by atoms with Gasteiger partial charge in [-0.3, -0.25) is 0 Å². The van der Waals surface area contributed by atoms with Crippen molar-refractivity contribution in [3.63, 3.8) is 0 Å². The highest BCUT2D eigenvalue weighted by Gasteiger charge is 2.03. The minimum Gasteiger partial charge on any atom is -0.207 e. The van der Waals surface area contributed by atoms with Crippen LogP contribution in [-0.2, 0) is 0 Å². The molecular weight excluding hydrogens is 231 g/mol. The van der Waals surface area contributed by atoms with Gasteiger partial charge < -0.3 is 0 Å². The van der Waals surface area contributed by atoms with E-state index >= 15 is 0 Å². The molecule has 0 spiro atoms. The van der Waals surface area contributed by atoms with E-state index in [2.05, 4.69) is 0 Å². The van der Waals surface area contributed by atoms with Gasteiger partial charge in [0.25, 0.3) is 0 Å². The fourth-order valence-electron chi connectivity index (χ4n) is 1.17. The van der Waals surface area contributed by atoms with Gasteiger partial charge in [0.15, 0.2) is 0 Å². The van der Waals surface area contributed by atoms with Crippen molar-refractivity contribution in [1.82, 2.24) is 0 Å². The first-order valence-corrected chi connectivity index (χ1v) is 5.63. The normalized spacial score (nSPS) is 10.3. The van der Waals surface area contributed by atoms with Crippen molar-refractivity contribution >= 4 is 23.4 Å². The summed E-state index contributed by atoms with van der Waals surface area (Å²) in [6.07, 6.45) is 0.